The van der Waals surface area contributed by atoms with Crippen molar-refractivity contribution in [1.82, 2.24) is 20.1 Å². The summed E-state index contributed by atoms with van der Waals surface area (Å²) in [5.74, 6) is 2.43. The predicted molar refractivity (Wildman–Crippen MR) is 62.7 cm³/mol. The zero-order chi connectivity index (χ0) is 11.8. The number of rotatable bonds is 5. The van der Waals surface area contributed by atoms with Crippen LogP contribution in [0.25, 0.3) is 0 Å². The second-order valence-electron chi connectivity index (χ2n) is 5.11. The lowest BCUT2D eigenvalue weighted by Gasteiger charge is -2.18. The number of nitrogens with one attached hydrogen (secondary N) is 1. The molecule has 2 aliphatic rings. The van der Waals surface area contributed by atoms with Crippen LogP contribution in [-0.2, 0) is 0 Å². The Morgan fingerprint density at radius 1 is 1.41 bits per heavy atom. The van der Waals surface area contributed by atoms with E-state index in [0.717, 1.165) is 18.9 Å². The smallest absolute Gasteiger partial charge is 0.293 e. The first kappa shape index (κ1) is 10.7. The van der Waals surface area contributed by atoms with Crippen LogP contribution >= 0.6 is 0 Å². The van der Waals surface area contributed by atoms with Gasteiger partial charge in [-0.2, -0.15) is 0 Å². The van der Waals surface area contributed by atoms with Crippen molar-refractivity contribution in [2.24, 2.45) is 5.92 Å². The molecule has 3 rings (SSSR count). The van der Waals surface area contributed by atoms with Gasteiger partial charge in [-0.15, -0.1) is 5.10 Å². The Morgan fingerprint density at radius 3 is 2.76 bits per heavy atom. The van der Waals surface area contributed by atoms with E-state index in [4.69, 9.17) is 0 Å². The fourth-order valence-electron chi connectivity index (χ4n) is 2.02. The van der Waals surface area contributed by atoms with Gasteiger partial charge in [0.1, 0.15) is 5.82 Å². The molecule has 0 aliphatic heterocycles. The molecule has 2 aliphatic carbocycles. The molecule has 92 valence electrons. The van der Waals surface area contributed by atoms with Gasteiger partial charge in [0, 0.05) is 19.0 Å². The van der Waals surface area contributed by atoms with E-state index in [1.807, 2.05) is 11.8 Å². The highest BCUT2D eigenvalue weighted by Gasteiger charge is 2.31. The third kappa shape index (κ3) is 2.33. The molecule has 2 saturated carbocycles. The summed E-state index contributed by atoms with van der Waals surface area (Å²) >= 11 is 0. The van der Waals surface area contributed by atoms with Gasteiger partial charge in [0.25, 0.3) is 5.91 Å². The van der Waals surface area contributed by atoms with Gasteiger partial charge in [-0.05, 0) is 38.5 Å². The van der Waals surface area contributed by atoms with Gasteiger partial charge < -0.3 is 4.90 Å². The van der Waals surface area contributed by atoms with Crippen LogP contribution in [0.1, 0.15) is 55.0 Å². The van der Waals surface area contributed by atoms with Crippen LogP contribution in [0, 0.1) is 5.92 Å². The summed E-state index contributed by atoms with van der Waals surface area (Å²) in [5, 5.41) is 6.93. The summed E-state index contributed by atoms with van der Waals surface area (Å²) in [5.41, 5.74) is 0. The number of amides is 1. The standard InChI is InChI=1S/C12H18N4O/c1-2-16(7-8-3-4-8)12(17)11-13-10(14-15-11)9-5-6-9/h8-9H,2-7H2,1H3,(H,13,14,15). The fraction of sp³-hybridized carbons (Fsp3) is 0.750. The molecule has 1 aromatic rings. The number of aromatic amines is 1. The Kier molecular flexibility index (Phi) is 2.61. The summed E-state index contributed by atoms with van der Waals surface area (Å²) in [6, 6.07) is 0. The van der Waals surface area contributed by atoms with E-state index >= 15 is 0 Å². The minimum absolute atomic E-state index is 0.0254. The van der Waals surface area contributed by atoms with Crippen LogP contribution in [0.2, 0.25) is 0 Å². The van der Waals surface area contributed by atoms with E-state index in [1.165, 1.54) is 25.7 Å². The van der Waals surface area contributed by atoms with Gasteiger partial charge in [0.15, 0.2) is 0 Å². The predicted octanol–water partition coefficient (Wildman–Crippen LogP) is 1.55. The van der Waals surface area contributed by atoms with E-state index in [0.29, 0.717) is 17.7 Å². The van der Waals surface area contributed by atoms with E-state index in [1.54, 1.807) is 0 Å². The average Bonchev–Trinajstić information content (AvgIpc) is 3.26. The van der Waals surface area contributed by atoms with E-state index in [2.05, 4.69) is 15.2 Å². The average molecular weight is 234 g/mol. The molecule has 1 N–H and O–H groups in total. The van der Waals surface area contributed by atoms with Crippen molar-refractivity contribution in [3.8, 4) is 0 Å². The van der Waals surface area contributed by atoms with Gasteiger partial charge in [-0.25, -0.2) is 4.98 Å². The van der Waals surface area contributed by atoms with Gasteiger partial charge >= 0.3 is 0 Å². The highest BCUT2D eigenvalue weighted by Crippen LogP contribution is 2.37. The van der Waals surface area contributed by atoms with Gasteiger partial charge in [-0.1, -0.05) is 0 Å². The van der Waals surface area contributed by atoms with Crippen LogP contribution in [0.5, 0.6) is 0 Å². The molecule has 0 unspecified atom stereocenters. The maximum Gasteiger partial charge on any atom is 0.293 e. The van der Waals surface area contributed by atoms with Crippen molar-refractivity contribution in [3.63, 3.8) is 0 Å². The third-order valence-corrected chi connectivity index (χ3v) is 3.50. The van der Waals surface area contributed by atoms with Crippen LogP contribution in [-0.4, -0.2) is 39.1 Å². The fourth-order valence-corrected chi connectivity index (χ4v) is 2.02. The molecule has 0 spiro atoms. The molecule has 1 aromatic heterocycles. The summed E-state index contributed by atoms with van der Waals surface area (Å²) in [6.45, 7) is 3.61. The Hall–Kier alpha value is -1.39. The Morgan fingerprint density at radius 2 is 2.18 bits per heavy atom. The second kappa shape index (κ2) is 4.13. The number of hydrogen-bond donors (Lipinski definition) is 1. The third-order valence-electron chi connectivity index (χ3n) is 3.50. The zero-order valence-electron chi connectivity index (χ0n) is 10.1. The minimum atomic E-state index is -0.0254. The molecule has 0 atom stereocenters. The quantitative estimate of drug-likeness (QED) is 0.840. The van der Waals surface area contributed by atoms with Crippen LogP contribution < -0.4 is 0 Å². The molecular formula is C12H18N4O. The largest absolute Gasteiger partial charge is 0.336 e. The van der Waals surface area contributed by atoms with Gasteiger partial charge in [0.2, 0.25) is 5.82 Å². The lowest BCUT2D eigenvalue weighted by Crippen LogP contribution is -2.33. The van der Waals surface area contributed by atoms with E-state index < -0.39 is 0 Å². The Labute approximate surface area is 101 Å². The van der Waals surface area contributed by atoms with E-state index in [-0.39, 0.29) is 5.91 Å². The lowest BCUT2D eigenvalue weighted by molar-refractivity contribution is 0.0745. The van der Waals surface area contributed by atoms with Crippen LogP contribution in [0.3, 0.4) is 0 Å². The van der Waals surface area contributed by atoms with Crippen molar-refractivity contribution < 1.29 is 4.79 Å². The van der Waals surface area contributed by atoms with Crippen molar-refractivity contribution >= 4 is 5.91 Å². The van der Waals surface area contributed by atoms with Gasteiger partial charge in [0.05, 0.1) is 0 Å². The number of aromatic nitrogens is 3. The molecule has 0 bridgehead atoms. The molecule has 0 radical (unpaired) electrons. The van der Waals surface area contributed by atoms with Crippen molar-refractivity contribution in [3.05, 3.63) is 11.6 Å². The maximum absolute atomic E-state index is 12.2. The van der Waals surface area contributed by atoms with Crippen molar-refractivity contribution in [1.29, 1.82) is 0 Å². The molecule has 0 aromatic carbocycles. The highest BCUT2D eigenvalue weighted by molar-refractivity contribution is 5.90. The zero-order valence-corrected chi connectivity index (χ0v) is 10.1. The first-order valence-electron chi connectivity index (χ1n) is 6.49. The first-order chi connectivity index (χ1) is 8.28. The molecule has 1 heterocycles. The second-order valence-corrected chi connectivity index (χ2v) is 5.11. The summed E-state index contributed by atoms with van der Waals surface area (Å²) in [4.78, 5) is 18.3. The Bertz CT molecular complexity index is 420. The maximum atomic E-state index is 12.2. The normalized spacial score (nSPS) is 19.4. The number of hydrogen-bond acceptors (Lipinski definition) is 3. The summed E-state index contributed by atoms with van der Waals surface area (Å²) in [7, 11) is 0. The SMILES string of the molecule is CCN(CC1CC1)C(=O)c1n[nH]c(C2CC2)n1. The number of carbonyl (C=O) groups is 1. The van der Waals surface area contributed by atoms with E-state index in [9.17, 15) is 4.79 Å². The summed E-state index contributed by atoms with van der Waals surface area (Å²) in [6.07, 6.45) is 4.85. The number of H-pyrrole nitrogens is 1. The number of nitrogens with zero attached hydrogens (tertiary/aromatic N) is 3. The molecule has 17 heavy (non-hydrogen) atoms. The first-order valence-corrected chi connectivity index (χ1v) is 6.49. The minimum Gasteiger partial charge on any atom is -0.336 e. The topological polar surface area (TPSA) is 61.9 Å². The Balaban J connectivity index is 1.68. The van der Waals surface area contributed by atoms with Crippen LogP contribution in [0.15, 0.2) is 0 Å². The molecular weight excluding hydrogens is 216 g/mol. The lowest BCUT2D eigenvalue weighted by atomic mass is 10.3. The van der Waals surface area contributed by atoms with Crippen molar-refractivity contribution in [2.45, 2.75) is 38.5 Å². The van der Waals surface area contributed by atoms with Gasteiger partial charge in [-0.3, -0.25) is 9.89 Å². The van der Waals surface area contributed by atoms with Crippen LogP contribution in [0.4, 0.5) is 0 Å². The molecule has 2 fully saturated rings. The molecule has 0 saturated heterocycles. The molecule has 1 amide bonds. The monoisotopic (exact) mass is 234 g/mol. The van der Waals surface area contributed by atoms with Crippen molar-refractivity contribution in [2.75, 3.05) is 13.1 Å². The summed E-state index contributed by atoms with van der Waals surface area (Å²) < 4.78 is 0. The molecule has 5 nitrogen and oxygen atoms in total. The number of carbonyl (C=O) groups excluding carboxylic acids is 1. The highest BCUT2D eigenvalue weighted by atomic mass is 16.2. The molecule has 5 heteroatoms.